The van der Waals surface area contributed by atoms with E-state index in [1.165, 1.54) is 6.26 Å². The molecule has 1 heterocycles. The molecule has 0 aliphatic carbocycles. The molecule has 1 rings (SSSR count). The van der Waals surface area contributed by atoms with Crippen molar-refractivity contribution in [2.24, 2.45) is 17.1 Å². The number of rotatable bonds is 5. The lowest BCUT2D eigenvalue weighted by Crippen LogP contribution is -2.50. The number of nitrogens with two attached hydrogens (primary N) is 1. The Morgan fingerprint density at radius 1 is 1.16 bits per heavy atom. The van der Waals surface area contributed by atoms with Crippen LogP contribution in [0.25, 0.3) is 0 Å². The minimum atomic E-state index is -3.03. The smallest absolute Gasteiger partial charge is 0.211 e. The SMILES string of the molecule is CC(C)(C)CC(CN)CN1CCN(S(C)(=O)=O)CC1. The van der Waals surface area contributed by atoms with Gasteiger partial charge in [0, 0.05) is 32.7 Å². The van der Waals surface area contributed by atoms with Crippen LogP contribution in [0.4, 0.5) is 0 Å². The van der Waals surface area contributed by atoms with Crippen LogP contribution in [0.1, 0.15) is 27.2 Å². The summed E-state index contributed by atoms with van der Waals surface area (Å²) < 4.78 is 24.5. The molecule has 0 aromatic carbocycles. The number of hydrogen-bond acceptors (Lipinski definition) is 4. The Balaban J connectivity index is 2.43. The van der Waals surface area contributed by atoms with E-state index in [1.54, 1.807) is 4.31 Å². The molecule has 0 amide bonds. The summed E-state index contributed by atoms with van der Waals surface area (Å²) in [5.41, 5.74) is 6.15. The molecule has 0 aromatic rings. The molecule has 6 heteroatoms. The molecule has 0 aromatic heterocycles. The predicted molar refractivity (Wildman–Crippen MR) is 79.5 cm³/mol. The number of hydrogen-bond donors (Lipinski definition) is 1. The fourth-order valence-electron chi connectivity index (χ4n) is 2.70. The molecule has 0 saturated carbocycles. The van der Waals surface area contributed by atoms with Gasteiger partial charge in [-0.3, -0.25) is 0 Å². The topological polar surface area (TPSA) is 66.6 Å². The van der Waals surface area contributed by atoms with E-state index in [2.05, 4.69) is 25.7 Å². The van der Waals surface area contributed by atoms with E-state index < -0.39 is 10.0 Å². The summed E-state index contributed by atoms with van der Waals surface area (Å²) in [4.78, 5) is 2.34. The highest BCUT2D eigenvalue weighted by Crippen LogP contribution is 2.24. The number of piperazine rings is 1. The van der Waals surface area contributed by atoms with Crippen LogP contribution in [0.5, 0.6) is 0 Å². The monoisotopic (exact) mass is 291 g/mol. The Bertz CT molecular complexity index is 368. The molecule has 114 valence electrons. The lowest BCUT2D eigenvalue weighted by atomic mass is 9.84. The van der Waals surface area contributed by atoms with Crippen LogP contribution >= 0.6 is 0 Å². The van der Waals surface area contributed by atoms with Crippen molar-refractivity contribution >= 4 is 10.0 Å². The zero-order chi connectivity index (χ0) is 14.7. The van der Waals surface area contributed by atoms with Gasteiger partial charge in [0.1, 0.15) is 0 Å². The molecule has 1 fully saturated rings. The molecule has 0 radical (unpaired) electrons. The van der Waals surface area contributed by atoms with Crippen LogP contribution in [-0.4, -0.2) is 63.1 Å². The molecule has 0 bridgehead atoms. The highest BCUT2D eigenvalue weighted by Gasteiger charge is 2.26. The van der Waals surface area contributed by atoms with Crippen LogP contribution in [-0.2, 0) is 10.0 Å². The Kier molecular flexibility index (Phi) is 5.79. The Morgan fingerprint density at radius 3 is 2.05 bits per heavy atom. The molecule has 1 atom stereocenters. The molecular formula is C13H29N3O2S. The minimum Gasteiger partial charge on any atom is -0.330 e. The van der Waals surface area contributed by atoms with E-state index >= 15 is 0 Å². The van der Waals surface area contributed by atoms with Gasteiger partial charge in [-0.25, -0.2) is 8.42 Å². The summed E-state index contributed by atoms with van der Waals surface area (Å²) in [6, 6.07) is 0. The van der Waals surface area contributed by atoms with Crippen LogP contribution in [0, 0.1) is 11.3 Å². The summed E-state index contributed by atoms with van der Waals surface area (Å²) in [5.74, 6) is 0.491. The van der Waals surface area contributed by atoms with Gasteiger partial charge in [-0.2, -0.15) is 4.31 Å². The van der Waals surface area contributed by atoms with Gasteiger partial charge in [0.15, 0.2) is 0 Å². The van der Waals surface area contributed by atoms with Crippen molar-refractivity contribution in [3.63, 3.8) is 0 Å². The normalized spacial score (nSPS) is 21.5. The predicted octanol–water partition coefficient (Wildman–Crippen LogP) is 0.575. The van der Waals surface area contributed by atoms with Gasteiger partial charge in [-0.05, 0) is 24.3 Å². The Labute approximate surface area is 118 Å². The number of nitrogens with zero attached hydrogens (tertiary/aromatic N) is 2. The first-order chi connectivity index (χ1) is 8.62. The van der Waals surface area contributed by atoms with Crippen molar-refractivity contribution in [2.45, 2.75) is 27.2 Å². The molecule has 0 spiro atoms. The third-order valence-electron chi connectivity index (χ3n) is 3.55. The molecular weight excluding hydrogens is 262 g/mol. The van der Waals surface area contributed by atoms with Crippen LogP contribution in [0.2, 0.25) is 0 Å². The zero-order valence-corrected chi connectivity index (χ0v) is 13.5. The van der Waals surface area contributed by atoms with Crippen LogP contribution in [0.3, 0.4) is 0 Å². The molecule has 5 nitrogen and oxygen atoms in total. The van der Waals surface area contributed by atoms with E-state index in [1.807, 2.05) is 0 Å². The maximum absolute atomic E-state index is 11.4. The standard InChI is InChI=1S/C13H29N3O2S/c1-13(2,3)9-12(10-14)11-15-5-7-16(8-6-15)19(4,17)18/h12H,5-11,14H2,1-4H3. The first-order valence-electron chi connectivity index (χ1n) is 6.99. The lowest BCUT2D eigenvalue weighted by molar-refractivity contribution is 0.148. The van der Waals surface area contributed by atoms with Crippen molar-refractivity contribution < 1.29 is 8.42 Å². The summed E-state index contributed by atoms with van der Waals surface area (Å²) in [6.45, 7) is 11.2. The maximum Gasteiger partial charge on any atom is 0.211 e. The van der Waals surface area contributed by atoms with E-state index in [9.17, 15) is 8.42 Å². The van der Waals surface area contributed by atoms with E-state index in [-0.39, 0.29) is 0 Å². The third kappa shape index (κ3) is 6.21. The van der Waals surface area contributed by atoms with E-state index in [0.717, 1.165) is 26.1 Å². The quantitative estimate of drug-likeness (QED) is 0.804. The van der Waals surface area contributed by atoms with Crippen molar-refractivity contribution in [3.05, 3.63) is 0 Å². The first-order valence-corrected chi connectivity index (χ1v) is 8.84. The van der Waals surface area contributed by atoms with Crippen molar-refractivity contribution in [1.82, 2.24) is 9.21 Å². The van der Waals surface area contributed by atoms with Gasteiger partial charge in [0.05, 0.1) is 6.26 Å². The van der Waals surface area contributed by atoms with Crippen LogP contribution in [0.15, 0.2) is 0 Å². The van der Waals surface area contributed by atoms with Gasteiger partial charge in [0.25, 0.3) is 0 Å². The summed E-state index contributed by atoms with van der Waals surface area (Å²) in [7, 11) is -3.03. The first kappa shape index (κ1) is 16.9. The highest BCUT2D eigenvalue weighted by atomic mass is 32.2. The number of sulfonamides is 1. The summed E-state index contributed by atoms with van der Waals surface area (Å²) >= 11 is 0. The van der Waals surface area contributed by atoms with Gasteiger partial charge >= 0.3 is 0 Å². The largest absolute Gasteiger partial charge is 0.330 e. The second kappa shape index (κ2) is 6.52. The van der Waals surface area contributed by atoms with Gasteiger partial charge in [0.2, 0.25) is 10.0 Å². The molecule has 19 heavy (non-hydrogen) atoms. The van der Waals surface area contributed by atoms with Crippen molar-refractivity contribution in [1.29, 1.82) is 0 Å². The fraction of sp³-hybridized carbons (Fsp3) is 1.00. The fourth-order valence-corrected chi connectivity index (χ4v) is 3.52. The third-order valence-corrected chi connectivity index (χ3v) is 4.85. The van der Waals surface area contributed by atoms with Crippen LogP contribution < -0.4 is 5.73 Å². The average Bonchev–Trinajstić information content (AvgIpc) is 2.26. The molecule has 1 aliphatic heterocycles. The molecule has 1 saturated heterocycles. The van der Waals surface area contributed by atoms with Gasteiger partial charge < -0.3 is 10.6 Å². The highest BCUT2D eigenvalue weighted by molar-refractivity contribution is 7.88. The average molecular weight is 291 g/mol. The zero-order valence-electron chi connectivity index (χ0n) is 12.7. The Morgan fingerprint density at radius 2 is 1.68 bits per heavy atom. The molecule has 1 aliphatic rings. The van der Waals surface area contributed by atoms with Gasteiger partial charge in [-0.15, -0.1) is 0 Å². The second-order valence-electron chi connectivity index (χ2n) is 6.83. The maximum atomic E-state index is 11.4. The molecule has 2 N–H and O–H groups in total. The van der Waals surface area contributed by atoms with Crippen molar-refractivity contribution in [2.75, 3.05) is 45.5 Å². The Hall–Kier alpha value is -0.170. The second-order valence-corrected chi connectivity index (χ2v) is 8.81. The lowest BCUT2D eigenvalue weighted by Gasteiger charge is -2.36. The van der Waals surface area contributed by atoms with E-state index in [0.29, 0.717) is 31.0 Å². The van der Waals surface area contributed by atoms with Gasteiger partial charge in [-0.1, -0.05) is 20.8 Å². The summed E-state index contributed by atoms with van der Waals surface area (Å²) in [5, 5.41) is 0. The summed E-state index contributed by atoms with van der Waals surface area (Å²) in [6.07, 6.45) is 2.39. The molecule has 1 unspecified atom stereocenters. The van der Waals surface area contributed by atoms with Crippen molar-refractivity contribution in [3.8, 4) is 0 Å². The van der Waals surface area contributed by atoms with E-state index in [4.69, 9.17) is 5.73 Å². The minimum absolute atomic E-state index is 0.290.